The van der Waals surface area contributed by atoms with E-state index in [2.05, 4.69) is 19.9 Å². The summed E-state index contributed by atoms with van der Waals surface area (Å²) in [6.07, 6.45) is 7.87. The van der Waals surface area contributed by atoms with Crippen LogP contribution in [-0.4, -0.2) is 30.7 Å². The Balaban J connectivity index is 1.55. The predicted octanol–water partition coefficient (Wildman–Crippen LogP) is 4.55. The fourth-order valence-electron chi connectivity index (χ4n) is 4.42. The van der Waals surface area contributed by atoms with Crippen LogP contribution in [0.1, 0.15) is 52.4 Å². The van der Waals surface area contributed by atoms with Crippen LogP contribution in [0.25, 0.3) is 10.9 Å². The third-order valence-corrected chi connectivity index (χ3v) is 6.37. The fraction of sp³-hybridized carbons (Fsp3) is 0.240. The Hall–Kier alpha value is -3.58. The molecule has 1 aliphatic carbocycles. The number of nitrogen functional groups attached to an aromatic ring is 1. The summed E-state index contributed by atoms with van der Waals surface area (Å²) >= 11 is 6.00. The third kappa shape index (κ3) is 4.12. The summed E-state index contributed by atoms with van der Waals surface area (Å²) in [4.78, 5) is 33.2. The highest BCUT2D eigenvalue weighted by atomic mass is 35.5. The molecule has 1 unspecified atom stereocenters. The van der Waals surface area contributed by atoms with Gasteiger partial charge in [0, 0.05) is 29.5 Å². The molecule has 0 spiro atoms. The molecule has 1 aliphatic rings. The average molecular weight is 459 g/mol. The molecule has 1 amide bonds. The van der Waals surface area contributed by atoms with Gasteiger partial charge in [-0.15, -0.1) is 0 Å². The van der Waals surface area contributed by atoms with E-state index in [1.807, 2.05) is 25.1 Å². The minimum atomic E-state index is -0.359. The van der Waals surface area contributed by atoms with E-state index in [-0.39, 0.29) is 11.9 Å². The zero-order valence-corrected chi connectivity index (χ0v) is 19.0. The van der Waals surface area contributed by atoms with Crippen LogP contribution in [0.3, 0.4) is 0 Å². The minimum Gasteiger partial charge on any atom is -0.383 e. The second-order valence-electron chi connectivity index (χ2n) is 8.22. The molecule has 0 fully saturated rings. The van der Waals surface area contributed by atoms with Crippen molar-refractivity contribution < 1.29 is 4.79 Å². The molecule has 4 aromatic rings. The van der Waals surface area contributed by atoms with Crippen molar-refractivity contribution in [3.63, 3.8) is 0 Å². The van der Waals surface area contributed by atoms with Gasteiger partial charge in [0.25, 0.3) is 5.91 Å². The Bertz CT molecular complexity index is 1330. The van der Waals surface area contributed by atoms with E-state index >= 15 is 0 Å². The number of benzene rings is 1. The van der Waals surface area contributed by atoms with Gasteiger partial charge in [-0.05, 0) is 73.7 Å². The van der Waals surface area contributed by atoms with Crippen LogP contribution in [0.4, 0.5) is 5.82 Å². The number of aryl methyl sites for hydroxylation is 1. The van der Waals surface area contributed by atoms with Gasteiger partial charge in [0.05, 0.1) is 28.8 Å². The number of halogens is 1. The zero-order chi connectivity index (χ0) is 22.9. The fourth-order valence-corrected chi connectivity index (χ4v) is 4.53. The van der Waals surface area contributed by atoms with E-state index in [0.29, 0.717) is 28.8 Å². The highest BCUT2D eigenvalue weighted by Gasteiger charge is 2.26. The van der Waals surface area contributed by atoms with Gasteiger partial charge in [0.2, 0.25) is 0 Å². The number of nitrogens with zero attached hydrogens (tertiary/aromatic N) is 5. The number of rotatable bonds is 5. The quantitative estimate of drug-likeness (QED) is 0.471. The first kappa shape index (κ1) is 21.3. The molecule has 2 N–H and O–H groups in total. The van der Waals surface area contributed by atoms with Gasteiger partial charge in [-0.25, -0.2) is 15.0 Å². The maximum atomic E-state index is 13.8. The number of hydrogen-bond donors (Lipinski definition) is 1. The zero-order valence-electron chi connectivity index (χ0n) is 18.2. The molecule has 5 rings (SSSR count). The van der Waals surface area contributed by atoms with Gasteiger partial charge < -0.3 is 10.6 Å². The number of nitrogens with two attached hydrogens (primary N) is 1. The first-order chi connectivity index (χ1) is 16.0. The van der Waals surface area contributed by atoms with Crippen molar-refractivity contribution >= 4 is 34.2 Å². The van der Waals surface area contributed by atoms with Crippen LogP contribution in [0, 0.1) is 0 Å². The van der Waals surface area contributed by atoms with Crippen LogP contribution in [-0.2, 0) is 19.4 Å². The SMILES string of the molecule is CC(c1ncccn1)N(Cc1ccc(Cl)cn1)C(=O)c1ccc2nc(N)c3c(c2c1)CCC3. The second-order valence-corrected chi connectivity index (χ2v) is 8.66. The summed E-state index contributed by atoms with van der Waals surface area (Å²) in [7, 11) is 0. The molecule has 0 radical (unpaired) electrons. The number of aromatic nitrogens is 4. The van der Waals surface area contributed by atoms with Crippen LogP contribution in [0.5, 0.6) is 0 Å². The first-order valence-corrected chi connectivity index (χ1v) is 11.3. The molecule has 7 nitrogen and oxygen atoms in total. The predicted molar refractivity (Wildman–Crippen MR) is 128 cm³/mol. The monoisotopic (exact) mass is 458 g/mol. The van der Waals surface area contributed by atoms with Gasteiger partial charge >= 0.3 is 0 Å². The lowest BCUT2D eigenvalue weighted by atomic mass is 10.0. The molecule has 1 atom stereocenters. The Morgan fingerprint density at radius 2 is 1.91 bits per heavy atom. The van der Waals surface area contributed by atoms with E-state index in [0.717, 1.165) is 41.4 Å². The highest BCUT2D eigenvalue weighted by Crippen LogP contribution is 2.33. The molecule has 3 heterocycles. The molecule has 0 saturated carbocycles. The normalized spacial score (nSPS) is 13.6. The van der Waals surface area contributed by atoms with Crippen LogP contribution in [0.2, 0.25) is 5.02 Å². The van der Waals surface area contributed by atoms with E-state index in [4.69, 9.17) is 17.3 Å². The summed E-state index contributed by atoms with van der Waals surface area (Å²) in [5, 5.41) is 1.54. The van der Waals surface area contributed by atoms with Crippen molar-refractivity contribution in [2.24, 2.45) is 0 Å². The van der Waals surface area contributed by atoms with Gasteiger partial charge in [-0.3, -0.25) is 9.78 Å². The molecule has 166 valence electrons. The lowest BCUT2D eigenvalue weighted by Gasteiger charge is -2.28. The molecule has 33 heavy (non-hydrogen) atoms. The number of amides is 1. The van der Waals surface area contributed by atoms with Crippen molar-refractivity contribution in [1.82, 2.24) is 24.8 Å². The van der Waals surface area contributed by atoms with Gasteiger partial charge in [-0.1, -0.05) is 11.6 Å². The number of anilines is 1. The van der Waals surface area contributed by atoms with Crippen molar-refractivity contribution in [3.05, 3.63) is 88.2 Å². The van der Waals surface area contributed by atoms with E-state index < -0.39 is 0 Å². The molecule has 0 aliphatic heterocycles. The number of pyridine rings is 2. The van der Waals surface area contributed by atoms with Crippen molar-refractivity contribution in [3.8, 4) is 0 Å². The second kappa shape index (κ2) is 8.75. The summed E-state index contributed by atoms with van der Waals surface area (Å²) in [6, 6.07) is 10.6. The maximum absolute atomic E-state index is 13.8. The third-order valence-electron chi connectivity index (χ3n) is 6.15. The standard InChI is InChI=1S/C25H23ClN6O/c1-15(24-28-10-3-11-29-24)32(14-18-8-7-17(26)13-30-18)25(33)16-6-9-22-21(12-16)19-4-2-5-20(19)23(27)31-22/h3,6-13,15H,2,4-5,14H2,1H3,(H2,27,31). The highest BCUT2D eigenvalue weighted by molar-refractivity contribution is 6.30. The van der Waals surface area contributed by atoms with Crippen LogP contribution in [0.15, 0.2) is 55.0 Å². The largest absolute Gasteiger partial charge is 0.383 e. The molecule has 1 aromatic carbocycles. The number of hydrogen-bond acceptors (Lipinski definition) is 6. The number of carbonyl (C=O) groups is 1. The Kier molecular flexibility index (Phi) is 5.64. The lowest BCUT2D eigenvalue weighted by Crippen LogP contribution is -2.34. The Morgan fingerprint density at radius 3 is 2.67 bits per heavy atom. The summed E-state index contributed by atoms with van der Waals surface area (Å²) < 4.78 is 0. The van der Waals surface area contributed by atoms with Gasteiger partial charge in [-0.2, -0.15) is 0 Å². The average Bonchev–Trinajstić information content (AvgIpc) is 3.34. The smallest absolute Gasteiger partial charge is 0.254 e. The minimum absolute atomic E-state index is 0.128. The number of fused-ring (bicyclic) bond motifs is 3. The molecule has 3 aromatic heterocycles. The molecule has 0 saturated heterocycles. The van der Waals surface area contributed by atoms with Crippen LogP contribution >= 0.6 is 11.6 Å². The van der Waals surface area contributed by atoms with Crippen molar-refractivity contribution in [2.45, 2.75) is 38.8 Å². The Labute approximate surface area is 196 Å². The van der Waals surface area contributed by atoms with E-state index in [9.17, 15) is 4.79 Å². The van der Waals surface area contributed by atoms with E-state index in [1.54, 1.807) is 41.7 Å². The van der Waals surface area contributed by atoms with Crippen LogP contribution < -0.4 is 5.73 Å². The molecule has 8 heteroatoms. The summed E-state index contributed by atoms with van der Waals surface area (Å²) in [5.41, 5.74) is 10.6. The summed E-state index contributed by atoms with van der Waals surface area (Å²) in [6.45, 7) is 2.22. The molecular formula is C25H23ClN6O. The topological polar surface area (TPSA) is 97.9 Å². The summed E-state index contributed by atoms with van der Waals surface area (Å²) in [5.74, 6) is 1.03. The van der Waals surface area contributed by atoms with Crippen molar-refractivity contribution in [2.75, 3.05) is 5.73 Å². The lowest BCUT2D eigenvalue weighted by molar-refractivity contribution is 0.0663. The van der Waals surface area contributed by atoms with E-state index in [1.165, 1.54) is 5.56 Å². The molecule has 0 bridgehead atoms. The van der Waals surface area contributed by atoms with Crippen molar-refractivity contribution in [1.29, 1.82) is 0 Å². The maximum Gasteiger partial charge on any atom is 0.254 e. The van der Waals surface area contributed by atoms with Gasteiger partial charge in [0.15, 0.2) is 0 Å². The number of carbonyl (C=O) groups excluding carboxylic acids is 1. The first-order valence-electron chi connectivity index (χ1n) is 10.9. The Morgan fingerprint density at radius 1 is 1.12 bits per heavy atom. The molecular weight excluding hydrogens is 436 g/mol. The van der Waals surface area contributed by atoms with Gasteiger partial charge in [0.1, 0.15) is 11.6 Å².